The number of phenols is 1. The van der Waals surface area contributed by atoms with E-state index in [0.717, 1.165) is 0 Å². The minimum atomic E-state index is -0.825. The molecule has 3 nitrogen and oxygen atoms in total. The Kier molecular flexibility index (Phi) is 3.79. The molecular weight excluding hydrogens is 235 g/mol. The van der Waals surface area contributed by atoms with E-state index in [4.69, 9.17) is 9.84 Å². The predicted octanol–water partition coefficient (Wildman–Crippen LogP) is 2.64. The summed E-state index contributed by atoms with van der Waals surface area (Å²) in [6.45, 7) is 0.0221. The molecule has 0 radical (unpaired) electrons. The molecule has 4 heteroatoms. The maximum Gasteiger partial charge on any atom is 0.126 e. The van der Waals surface area contributed by atoms with Crippen LogP contribution >= 0.6 is 0 Å². The number of halogens is 1. The van der Waals surface area contributed by atoms with Gasteiger partial charge in [0.2, 0.25) is 0 Å². The summed E-state index contributed by atoms with van der Waals surface area (Å²) in [5.41, 5.74) is 0.629. The third-order valence-electron chi connectivity index (χ3n) is 2.48. The summed E-state index contributed by atoms with van der Waals surface area (Å²) < 4.78 is 18.2. The van der Waals surface area contributed by atoms with E-state index in [1.807, 2.05) is 0 Å². The lowest BCUT2D eigenvalue weighted by atomic mass is 10.1. The van der Waals surface area contributed by atoms with Gasteiger partial charge in [0.1, 0.15) is 30.0 Å². The Hall–Kier alpha value is -2.07. The molecule has 2 aromatic rings. The number of ether oxygens (including phenoxy) is 1. The van der Waals surface area contributed by atoms with Gasteiger partial charge in [-0.1, -0.05) is 18.2 Å². The summed E-state index contributed by atoms with van der Waals surface area (Å²) in [5.74, 6) is 0.122. The van der Waals surface area contributed by atoms with Gasteiger partial charge in [-0.25, -0.2) is 4.39 Å². The largest absolute Gasteiger partial charge is 0.508 e. The second kappa shape index (κ2) is 5.51. The van der Waals surface area contributed by atoms with E-state index in [1.165, 1.54) is 30.3 Å². The summed E-state index contributed by atoms with van der Waals surface area (Å²) in [4.78, 5) is 0. The number of aromatic hydroxyl groups is 1. The van der Waals surface area contributed by atoms with Gasteiger partial charge in [-0.3, -0.25) is 0 Å². The number of aliphatic hydroxyl groups excluding tert-OH is 1. The molecule has 0 heterocycles. The van der Waals surface area contributed by atoms with Crippen LogP contribution in [-0.2, 0) is 0 Å². The second-order valence-corrected chi connectivity index (χ2v) is 3.88. The Bertz CT molecular complexity index is 511. The highest BCUT2D eigenvalue weighted by Gasteiger charge is 2.08. The molecule has 1 unspecified atom stereocenters. The van der Waals surface area contributed by atoms with Crippen LogP contribution < -0.4 is 4.74 Å². The van der Waals surface area contributed by atoms with Gasteiger partial charge in [-0.15, -0.1) is 0 Å². The van der Waals surface area contributed by atoms with Crippen molar-refractivity contribution in [1.82, 2.24) is 0 Å². The zero-order valence-electron chi connectivity index (χ0n) is 9.58. The third kappa shape index (κ3) is 3.21. The maximum absolute atomic E-state index is 12.9. The monoisotopic (exact) mass is 248 g/mol. The fraction of sp³-hybridized carbons (Fsp3) is 0.143. The molecule has 0 aliphatic rings. The van der Waals surface area contributed by atoms with E-state index < -0.39 is 6.10 Å². The smallest absolute Gasteiger partial charge is 0.126 e. The summed E-state index contributed by atoms with van der Waals surface area (Å²) in [7, 11) is 0. The number of benzene rings is 2. The number of rotatable bonds is 4. The van der Waals surface area contributed by atoms with Crippen LogP contribution in [0.25, 0.3) is 0 Å². The van der Waals surface area contributed by atoms with Crippen molar-refractivity contribution < 1.29 is 19.3 Å². The molecule has 0 aliphatic heterocycles. The highest BCUT2D eigenvalue weighted by Crippen LogP contribution is 2.19. The molecule has 0 saturated carbocycles. The quantitative estimate of drug-likeness (QED) is 0.874. The van der Waals surface area contributed by atoms with Crippen LogP contribution in [0.4, 0.5) is 4.39 Å². The molecule has 2 N–H and O–H groups in total. The van der Waals surface area contributed by atoms with Crippen LogP contribution in [0.3, 0.4) is 0 Å². The zero-order chi connectivity index (χ0) is 13.0. The molecule has 2 rings (SSSR count). The first kappa shape index (κ1) is 12.4. The van der Waals surface area contributed by atoms with Crippen molar-refractivity contribution in [3.8, 4) is 11.5 Å². The third-order valence-corrected chi connectivity index (χ3v) is 2.48. The minimum Gasteiger partial charge on any atom is -0.508 e. The van der Waals surface area contributed by atoms with Gasteiger partial charge in [-0.2, -0.15) is 0 Å². The van der Waals surface area contributed by atoms with Crippen LogP contribution in [0.2, 0.25) is 0 Å². The van der Waals surface area contributed by atoms with E-state index in [9.17, 15) is 9.50 Å². The van der Waals surface area contributed by atoms with Gasteiger partial charge in [0, 0.05) is 6.07 Å². The molecule has 0 spiro atoms. The Morgan fingerprint density at radius 1 is 1.11 bits per heavy atom. The molecule has 1 atom stereocenters. The second-order valence-electron chi connectivity index (χ2n) is 3.88. The predicted molar refractivity (Wildman–Crippen MR) is 65.0 cm³/mol. The van der Waals surface area contributed by atoms with Crippen molar-refractivity contribution >= 4 is 0 Å². The normalized spacial score (nSPS) is 12.1. The molecular formula is C14H13FO3. The Labute approximate surface area is 104 Å². The van der Waals surface area contributed by atoms with Crippen LogP contribution in [0.5, 0.6) is 11.5 Å². The lowest BCUT2D eigenvalue weighted by Crippen LogP contribution is -2.09. The number of hydrogen-bond acceptors (Lipinski definition) is 3. The van der Waals surface area contributed by atoms with E-state index in [2.05, 4.69) is 0 Å². The van der Waals surface area contributed by atoms with Crippen molar-refractivity contribution in [2.45, 2.75) is 6.10 Å². The highest BCUT2D eigenvalue weighted by atomic mass is 19.1. The molecule has 0 aromatic heterocycles. The van der Waals surface area contributed by atoms with E-state index in [-0.39, 0.29) is 18.2 Å². The van der Waals surface area contributed by atoms with Crippen LogP contribution in [0, 0.1) is 5.82 Å². The van der Waals surface area contributed by atoms with Gasteiger partial charge in [0.15, 0.2) is 0 Å². The van der Waals surface area contributed by atoms with Crippen LogP contribution in [-0.4, -0.2) is 16.8 Å². The zero-order valence-corrected chi connectivity index (χ0v) is 9.58. The maximum atomic E-state index is 12.9. The first-order valence-corrected chi connectivity index (χ1v) is 5.50. The van der Waals surface area contributed by atoms with Gasteiger partial charge in [0.05, 0.1) is 0 Å². The first-order valence-electron chi connectivity index (χ1n) is 5.50. The SMILES string of the molecule is Oc1ccc(C(O)COc2cccc(F)c2)cc1. The molecule has 0 amide bonds. The molecule has 2 aromatic carbocycles. The first-order chi connectivity index (χ1) is 8.65. The van der Waals surface area contributed by atoms with Gasteiger partial charge >= 0.3 is 0 Å². The van der Waals surface area contributed by atoms with Crippen molar-refractivity contribution in [3.05, 3.63) is 59.9 Å². The van der Waals surface area contributed by atoms with E-state index >= 15 is 0 Å². The van der Waals surface area contributed by atoms with Crippen LogP contribution in [0.1, 0.15) is 11.7 Å². The average Bonchev–Trinajstić information content (AvgIpc) is 2.37. The van der Waals surface area contributed by atoms with Gasteiger partial charge < -0.3 is 14.9 Å². The Morgan fingerprint density at radius 3 is 2.50 bits per heavy atom. The molecule has 0 aliphatic carbocycles. The summed E-state index contributed by atoms with van der Waals surface area (Å²) in [6, 6.07) is 11.9. The molecule has 94 valence electrons. The average molecular weight is 248 g/mol. The molecule has 0 saturated heterocycles. The Morgan fingerprint density at radius 2 is 1.83 bits per heavy atom. The van der Waals surface area contributed by atoms with E-state index in [0.29, 0.717) is 11.3 Å². The lowest BCUT2D eigenvalue weighted by molar-refractivity contribution is 0.108. The van der Waals surface area contributed by atoms with Crippen molar-refractivity contribution in [1.29, 1.82) is 0 Å². The van der Waals surface area contributed by atoms with Crippen molar-refractivity contribution in [2.75, 3.05) is 6.61 Å². The Balaban J connectivity index is 1.96. The lowest BCUT2D eigenvalue weighted by Gasteiger charge is -2.12. The summed E-state index contributed by atoms with van der Waals surface area (Å²) in [6.07, 6.45) is -0.825. The standard InChI is InChI=1S/C14H13FO3/c15-11-2-1-3-13(8-11)18-9-14(17)10-4-6-12(16)7-5-10/h1-8,14,16-17H,9H2. The number of hydrogen-bond donors (Lipinski definition) is 2. The van der Waals surface area contributed by atoms with E-state index in [1.54, 1.807) is 18.2 Å². The topological polar surface area (TPSA) is 49.7 Å². The number of aliphatic hydroxyl groups is 1. The fourth-order valence-corrected chi connectivity index (χ4v) is 1.52. The molecule has 18 heavy (non-hydrogen) atoms. The van der Waals surface area contributed by atoms with Gasteiger partial charge in [-0.05, 0) is 29.8 Å². The molecule has 0 bridgehead atoms. The van der Waals surface area contributed by atoms with Crippen LogP contribution in [0.15, 0.2) is 48.5 Å². The van der Waals surface area contributed by atoms with Crippen molar-refractivity contribution in [3.63, 3.8) is 0 Å². The summed E-state index contributed by atoms with van der Waals surface area (Å²) in [5, 5.41) is 19.0. The summed E-state index contributed by atoms with van der Waals surface area (Å²) >= 11 is 0. The molecule has 0 fully saturated rings. The minimum absolute atomic E-state index is 0.0221. The van der Waals surface area contributed by atoms with Gasteiger partial charge in [0.25, 0.3) is 0 Å². The fourth-order valence-electron chi connectivity index (χ4n) is 1.52. The highest BCUT2D eigenvalue weighted by molar-refractivity contribution is 5.27. The number of phenolic OH excluding ortho intramolecular Hbond substituents is 1. The van der Waals surface area contributed by atoms with Crippen molar-refractivity contribution in [2.24, 2.45) is 0 Å².